The maximum atomic E-state index is 14.1. The minimum atomic E-state index is -5.60. The van der Waals surface area contributed by atoms with Crippen LogP contribution >= 0.6 is 0 Å². The van der Waals surface area contributed by atoms with Crippen LogP contribution < -0.4 is 26.6 Å². The SMILES string of the molecule is CC(=O)Nc1ccc(S(=O)(=O)N[C@]2(C(F)(F)F)C(=O)Nc3c2c(=O)[nH]c(=O)n3C)cc1. The van der Waals surface area contributed by atoms with Crippen LogP contribution in [0.4, 0.5) is 24.7 Å². The van der Waals surface area contributed by atoms with Crippen molar-refractivity contribution in [3.05, 3.63) is 50.7 Å². The number of benzene rings is 1. The first kappa shape index (κ1) is 22.2. The van der Waals surface area contributed by atoms with Crippen molar-refractivity contribution in [3.63, 3.8) is 0 Å². The number of sulfonamides is 1. The highest BCUT2D eigenvalue weighted by molar-refractivity contribution is 7.89. The lowest BCUT2D eigenvalue weighted by Crippen LogP contribution is -2.61. The third-order valence-electron chi connectivity index (χ3n) is 4.47. The van der Waals surface area contributed by atoms with Crippen LogP contribution in [0.5, 0.6) is 0 Å². The van der Waals surface area contributed by atoms with E-state index in [-0.39, 0.29) is 5.69 Å². The zero-order valence-electron chi connectivity index (χ0n) is 15.7. The van der Waals surface area contributed by atoms with Gasteiger partial charge in [-0.3, -0.25) is 23.9 Å². The molecule has 1 aromatic carbocycles. The quantitative estimate of drug-likeness (QED) is 0.490. The number of aromatic amines is 1. The largest absolute Gasteiger partial charge is 0.421 e. The average molecular weight is 461 g/mol. The molecule has 4 N–H and O–H groups in total. The molecule has 1 aromatic heterocycles. The lowest BCUT2D eigenvalue weighted by Gasteiger charge is -2.29. The second kappa shape index (κ2) is 7.05. The number of H-pyrrole nitrogens is 1. The van der Waals surface area contributed by atoms with Gasteiger partial charge in [0, 0.05) is 19.7 Å². The summed E-state index contributed by atoms with van der Waals surface area (Å²) >= 11 is 0. The molecule has 0 radical (unpaired) electrons. The summed E-state index contributed by atoms with van der Waals surface area (Å²) in [6.07, 6.45) is -5.60. The summed E-state index contributed by atoms with van der Waals surface area (Å²) in [5.74, 6) is -3.16. The van der Waals surface area contributed by atoms with Crippen molar-refractivity contribution < 1.29 is 31.2 Å². The number of carbonyl (C=O) groups is 2. The van der Waals surface area contributed by atoms with E-state index >= 15 is 0 Å². The van der Waals surface area contributed by atoms with E-state index in [0.29, 0.717) is 4.57 Å². The van der Waals surface area contributed by atoms with Gasteiger partial charge in [0.05, 0.1) is 10.5 Å². The number of carbonyl (C=O) groups excluding carboxylic acids is 2. The molecule has 0 fully saturated rings. The molecule has 2 aromatic rings. The molecule has 166 valence electrons. The molecule has 0 bridgehead atoms. The minimum Gasteiger partial charge on any atom is -0.326 e. The molecule has 3 rings (SSSR count). The van der Waals surface area contributed by atoms with Crippen LogP contribution in [-0.4, -0.2) is 36.0 Å². The van der Waals surface area contributed by atoms with Gasteiger partial charge >= 0.3 is 11.9 Å². The Morgan fingerprint density at radius 3 is 2.23 bits per heavy atom. The molecule has 0 unspecified atom stereocenters. The van der Waals surface area contributed by atoms with Gasteiger partial charge in [0.25, 0.3) is 11.5 Å². The molecule has 2 heterocycles. The number of amides is 2. The first-order valence-corrected chi connectivity index (χ1v) is 9.82. The number of anilines is 2. The van der Waals surface area contributed by atoms with E-state index in [2.05, 4.69) is 5.32 Å². The number of hydrogen-bond acceptors (Lipinski definition) is 6. The zero-order chi connectivity index (χ0) is 23.4. The molecule has 0 saturated heterocycles. The number of alkyl halides is 3. The van der Waals surface area contributed by atoms with Crippen LogP contribution in [0, 0.1) is 0 Å². The van der Waals surface area contributed by atoms with Crippen molar-refractivity contribution in [2.75, 3.05) is 10.6 Å². The molecule has 1 atom stereocenters. The molecule has 11 nitrogen and oxygen atoms in total. The smallest absolute Gasteiger partial charge is 0.326 e. The van der Waals surface area contributed by atoms with E-state index in [1.165, 1.54) is 11.6 Å². The van der Waals surface area contributed by atoms with E-state index in [9.17, 15) is 40.8 Å². The molecule has 1 aliphatic rings. The second-order valence-electron chi connectivity index (χ2n) is 6.55. The summed E-state index contributed by atoms with van der Waals surface area (Å²) in [4.78, 5) is 48.3. The zero-order valence-corrected chi connectivity index (χ0v) is 16.6. The Balaban J connectivity index is 2.18. The molecule has 31 heavy (non-hydrogen) atoms. The Morgan fingerprint density at radius 2 is 1.71 bits per heavy atom. The fourth-order valence-electron chi connectivity index (χ4n) is 3.04. The Labute approximate surface area is 171 Å². The number of fused-ring (bicyclic) bond motifs is 1. The Kier molecular flexibility index (Phi) is 5.06. The van der Waals surface area contributed by atoms with Crippen LogP contribution in [0.25, 0.3) is 0 Å². The van der Waals surface area contributed by atoms with Gasteiger partial charge in [0.1, 0.15) is 5.82 Å². The van der Waals surface area contributed by atoms with Gasteiger partial charge in [0.2, 0.25) is 21.5 Å². The third-order valence-corrected chi connectivity index (χ3v) is 5.94. The molecule has 0 spiro atoms. The standard InChI is InChI=1S/C16H14F3N5O6S/c1-7(25)20-8-3-5-9(6-4-8)31(29,30)23-15(16(17,18)19)10-11(21-13(15)27)24(2)14(28)22-12(10)26/h3-6,23H,1-2H3,(H,20,25)(H,21,27)(H,22,26,28)/t15-/m0/s1. The number of nitrogens with one attached hydrogen (secondary N) is 4. The van der Waals surface area contributed by atoms with Crippen molar-refractivity contribution >= 4 is 33.3 Å². The second-order valence-corrected chi connectivity index (χ2v) is 8.24. The van der Waals surface area contributed by atoms with Gasteiger partial charge in [0.15, 0.2) is 0 Å². The number of aromatic nitrogens is 2. The van der Waals surface area contributed by atoms with Crippen LogP contribution in [0.2, 0.25) is 0 Å². The number of nitrogens with zero attached hydrogens (tertiary/aromatic N) is 1. The van der Waals surface area contributed by atoms with E-state index in [0.717, 1.165) is 31.3 Å². The monoisotopic (exact) mass is 461 g/mol. The van der Waals surface area contributed by atoms with Crippen molar-refractivity contribution in [2.24, 2.45) is 7.05 Å². The van der Waals surface area contributed by atoms with E-state index in [1.54, 1.807) is 10.3 Å². The predicted octanol–water partition coefficient (Wildman–Crippen LogP) is -0.280. The summed E-state index contributed by atoms with van der Waals surface area (Å²) in [5, 5.41) is 4.11. The van der Waals surface area contributed by atoms with Gasteiger partial charge in [-0.05, 0) is 24.3 Å². The summed E-state index contributed by atoms with van der Waals surface area (Å²) in [6.45, 7) is 1.19. The third kappa shape index (κ3) is 3.50. The van der Waals surface area contributed by atoms with Crippen molar-refractivity contribution in [1.82, 2.24) is 14.3 Å². The van der Waals surface area contributed by atoms with E-state index in [4.69, 9.17) is 0 Å². The van der Waals surface area contributed by atoms with Crippen LogP contribution in [0.1, 0.15) is 12.5 Å². The summed E-state index contributed by atoms with van der Waals surface area (Å²) in [6, 6.07) is 4.04. The van der Waals surface area contributed by atoms with Gasteiger partial charge < -0.3 is 10.6 Å². The maximum Gasteiger partial charge on any atom is 0.421 e. The highest BCUT2D eigenvalue weighted by atomic mass is 32.2. The molecule has 0 aliphatic carbocycles. The molecule has 2 amide bonds. The van der Waals surface area contributed by atoms with Crippen LogP contribution in [0.15, 0.2) is 38.8 Å². The first-order valence-electron chi connectivity index (χ1n) is 8.34. The Hall–Kier alpha value is -3.46. The van der Waals surface area contributed by atoms with E-state index < -0.39 is 61.1 Å². The van der Waals surface area contributed by atoms with Gasteiger partial charge in [-0.1, -0.05) is 0 Å². The van der Waals surface area contributed by atoms with Gasteiger partial charge in [-0.15, -0.1) is 0 Å². The van der Waals surface area contributed by atoms with Crippen molar-refractivity contribution in [1.29, 1.82) is 0 Å². The fourth-order valence-corrected chi connectivity index (χ4v) is 4.36. The lowest BCUT2D eigenvalue weighted by molar-refractivity contribution is -0.194. The Morgan fingerprint density at radius 1 is 1.13 bits per heavy atom. The fraction of sp³-hybridized carbons (Fsp3) is 0.250. The molecular weight excluding hydrogens is 447 g/mol. The molecular formula is C16H14F3N5O6S. The Bertz CT molecular complexity index is 1310. The maximum absolute atomic E-state index is 14.1. The van der Waals surface area contributed by atoms with Gasteiger partial charge in [-0.25, -0.2) is 13.2 Å². The van der Waals surface area contributed by atoms with Crippen LogP contribution in [-0.2, 0) is 32.2 Å². The molecule has 0 saturated carbocycles. The minimum absolute atomic E-state index is 0.174. The van der Waals surface area contributed by atoms with Crippen molar-refractivity contribution in [2.45, 2.75) is 23.5 Å². The summed E-state index contributed by atoms with van der Waals surface area (Å²) in [5.41, 5.74) is -7.83. The summed E-state index contributed by atoms with van der Waals surface area (Å²) < 4.78 is 69.7. The van der Waals surface area contributed by atoms with Gasteiger partial charge in [-0.2, -0.15) is 17.9 Å². The average Bonchev–Trinajstić information content (AvgIpc) is 2.93. The van der Waals surface area contributed by atoms with E-state index in [1.807, 2.05) is 0 Å². The highest BCUT2D eigenvalue weighted by Gasteiger charge is 2.69. The van der Waals surface area contributed by atoms with Crippen LogP contribution in [0.3, 0.4) is 0 Å². The number of halogens is 3. The molecule has 15 heteroatoms. The van der Waals surface area contributed by atoms with Crippen molar-refractivity contribution in [3.8, 4) is 0 Å². The summed E-state index contributed by atoms with van der Waals surface area (Å²) in [7, 11) is -4.04. The topological polar surface area (TPSA) is 159 Å². The molecule has 1 aliphatic heterocycles. The lowest BCUT2D eigenvalue weighted by atomic mass is 9.94. The predicted molar refractivity (Wildman–Crippen MR) is 99.7 cm³/mol. The number of hydrogen-bond donors (Lipinski definition) is 4. The number of rotatable bonds is 4. The normalized spacial score (nSPS) is 18.4. The highest BCUT2D eigenvalue weighted by Crippen LogP contribution is 2.45. The first-order chi connectivity index (χ1) is 14.2.